The molecule has 0 atom stereocenters. The SMILES string of the molecule is COc1ccc2cccc(CCNCc3cccc(OCC(F)F)c3)c2c1. The Morgan fingerprint density at radius 1 is 0.963 bits per heavy atom. The summed E-state index contributed by atoms with van der Waals surface area (Å²) >= 11 is 0. The monoisotopic (exact) mass is 371 g/mol. The molecule has 0 aliphatic heterocycles. The van der Waals surface area contributed by atoms with Gasteiger partial charge in [-0.3, -0.25) is 0 Å². The van der Waals surface area contributed by atoms with Crippen LogP contribution in [0.2, 0.25) is 0 Å². The number of rotatable bonds is 9. The van der Waals surface area contributed by atoms with Gasteiger partial charge in [-0.25, -0.2) is 8.78 Å². The molecule has 3 nitrogen and oxygen atoms in total. The van der Waals surface area contributed by atoms with E-state index in [0.717, 1.165) is 24.3 Å². The normalized spacial score (nSPS) is 11.1. The molecule has 0 amide bonds. The van der Waals surface area contributed by atoms with Crippen molar-refractivity contribution in [3.8, 4) is 11.5 Å². The van der Waals surface area contributed by atoms with Crippen molar-refractivity contribution in [3.05, 3.63) is 71.8 Å². The quantitative estimate of drug-likeness (QED) is 0.547. The van der Waals surface area contributed by atoms with Crippen LogP contribution in [0.25, 0.3) is 10.8 Å². The van der Waals surface area contributed by atoms with Crippen molar-refractivity contribution in [1.82, 2.24) is 5.32 Å². The van der Waals surface area contributed by atoms with E-state index in [0.29, 0.717) is 12.3 Å². The van der Waals surface area contributed by atoms with Gasteiger partial charge in [-0.05, 0) is 59.1 Å². The van der Waals surface area contributed by atoms with Gasteiger partial charge in [-0.15, -0.1) is 0 Å². The molecule has 3 aromatic rings. The van der Waals surface area contributed by atoms with Crippen molar-refractivity contribution in [2.24, 2.45) is 0 Å². The highest BCUT2D eigenvalue weighted by atomic mass is 19.3. The molecule has 27 heavy (non-hydrogen) atoms. The molecule has 3 rings (SSSR count). The first kappa shape index (κ1) is 19.1. The fourth-order valence-corrected chi connectivity index (χ4v) is 3.02. The number of benzene rings is 3. The third-order valence-corrected chi connectivity index (χ3v) is 4.35. The van der Waals surface area contributed by atoms with Crippen molar-refractivity contribution in [3.63, 3.8) is 0 Å². The molecule has 0 saturated heterocycles. The van der Waals surface area contributed by atoms with Crippen molar-refractivity contribution < 1.29 is 18.3 Å². The lowest BCUT2D eigenvalue weighted by atomic mass is 10.0. The van der Waals surface area contributed by atoms with Crippen LogP contribution in [0.3, 0.4) is 0 Å². The Bertz CT molecular complexity index is 883. The fraction of sp³-hybridized carbons (Fsp3) is 0.273. The second-order valence-corrected chi connectivity index (χ2v) is 6.28. The molecule has 0 aliphatic carbocycles. The van der Waals surface area contributed by atoms with Gasteiger partial charge >= 0.3 is 0 Å². The Morgan fingerprint density at radius 2 is 1.81 bits per heavy atom. The highest BCUT2D eigenvalue weighted by Crippen LogP contribution is 2.24. The number of alkyl halides is 2. The maximum absolute atomic E-state index is 12.2. The summed E-state index contributed by atoms with van der Waals surface area (Å²) < 4.78 is 34.9. The van der Waals surface area contributed by atoms with Crippen LogP contribution < -0.4 is 14.8 Å². The predicted octanol–water partition coefficient (Wildman–Crippen LogP) is 4.82. The maximum atomic E-state index is 12.2. The van der Waals surface area contributed by atoms with Gasteiger partial charge in [-0.1, -0.05) is 36.4 Å². The van der Waals surface area contributed by atoms with Gasteiger partial charge in [0.25, 0.3) is 6.43 Å². The minimum absolute atomic E-state index is 0.468. The fourth-order valence-electron chi connectivity index (χ4n) is 3.02. The second-order valence-electron chi connectivity index (χ2n) is 6.28. The number of nitrogens with one attached hydrogen (secondary N) is 1. The zero-order chi connectivity index (χ0) is 19.1. The molecule has 0 spiro atoms. The van der Waals surface area contributed by atoms with Gasteiger partial charge in [0, 0.05) is 6.54 Å². The van der Waals surface area contributed by atoms with Crippen molar-refractivity contribution in [1.29, 1.82) is 0 Å². The molecule has 0 fully saturated rings. The Morgan fingerprint density at radius 3 is 2.63 bits per heavy atom. The molecule has 1 N–H and O–H groups in total. The van der Waals surface area contributed by atoms with Crippen LogP contribution in [0.1, 0.15) is 11.1 Å². The Hall–Kier alpha value is -2.66. The Kier molecular flexibility index (Phi) is 6.60. The summed E-state index contributed by atoms with van der Waals surface area (Å²) in [5.74, 6) is 1.32. The van der Waals surface area contributed by atoms with Crippen molar-refractivity contribution >= 4 is 10.8 Å². The third-order valence-electron chi connectivity index (χ3n) is 4.35. The largest absolute Gasteiger partial charge is 0.497 e. The van der Waals surface area contributed by atoms with Gasteiger partial charge in [0.05, 0.1) is 7.11 Å². The van der Waals surface area contributed by atoms with E-state index < -0.39 is 13.0 Å². The molecule has 5 heteroatoms. The second kappa shape index (κ2) is 9.33. The third kappa shape index (κ3) is 5.41. The number of fused-ring (bicyclic) bond motifs is 1. The van der Waals surface area contributed by atoms with Gasteiger partial charge in [0.1, 0.15) is 18.1 Å². The molecule has 0 heterocycles. The van der Waals surface area contributed by atoms with E-state index in [-0.39, 0.29) is 0 Å². The Balaban J connectivity index is 1.56. The van der Waals surface area contributed by atoms with E-state index in [9.17, 15) is 8.78 Å². The van der Waals surface area contributed by atoms with E-state index in [1.165, 1.54) is 16.3 Å². The highest BCUT2D eigenvalue weighted by molar-refractivity contribution is 5.87. The summed E-state index contributed by atoms with van der Waals surface area (Å²) in [5, 5.41) is 5.79. The minimum Gasteiger partial charge on any atom is -0.497 e. The van der Waals surface area contributed by atoms with Crippen LogP contribution in [0, 0.1) is 0 Å². The molecule has 3 aromatic carbocycles. The van der Waals surface area contributed by atoms with Crippen molar-refractivity contribution in [2.75, 3.05) is 20.3 Å². The average molecular weight is 371 g/mol. The smallest absolute Gasteiger partial charge is 0.272 e. The summed E-state index contributed by atoms with van der Waals surface area (Å²) in [4.78, 5) is 0. The van der Waals surface area contributed by atoms with Gasteiger partial charge in [-0.2, -0.15) is 0 Å². The van der Waals surface area contributed by atoms with E-state index in [1.54, 1.807) is 19.2 Å². The number of hydrogen-bond donors (Lipinski definition) is 1. The molecule has 0 unspecified atom stereocenters. The van der Waals surface area contributed by atoms with Gasteiger partial charge in [0.2, 0.25) is 0 Å². The molecule has 142 valence electrons. The summed E-state index contributed by atoms with van der Waals surface area (Å²) in [6.07, 6.45) is -1.59. The molecule has 0 aliphatic rings. The maximum Gasteiger partial charge on any atom is 0.272 e. The first-order valence-electron chi connectivity index (χ1n) is 8.92. The van der Waals surface area contributed by atoms with E-state index >= 15 is 0 Å². The van der Waals surface area contributed by atoms with Crippen LogP contribution in [-0.4, -0.2) is 26.7 Å². The van der Waals surface area contributed by atoms with E-state index in [2.05, 4.69) is 35.6 Å². The number of hydrogen-bond acceptors (Lipinski definition) is 3. The molecular weight excluding hydrogens is 348 g/mol. The van der Waals surface area contributed by atoms with Crippen molar-refractivity contribution in [2.45, 2.75) is 19.4 Å². The first-order valence-corrected chi connectivity index (χ1v) is 8.92. The van der Waals surface area contributed by atoms with Gasteiger partial charge in [0.15, 0.2) is 0 Å². The highest BCUT2D eigenvalue weighted by Gasteiger charge is 2.05. The molecule has 0 aromatic heterocycles. The first-order chi connectivity index (χ1) is 13.2. The van der Waals surface area contributed by atoms with Crippen LogP contribution in [-0.2, 0) is 13.0 Å². The van der Waals surface area contributed by atoms with Gasteiger partial charge < -0.3 is 14.8 Å². The molecule has 0 bridgehead atoms. The van der Waals surface area contributed by atoms with Crippen LogP contribution in [0.5, 0.6) is 11.5 Å². The number of halogens is 2. The predicted molar refractivity (Wildman–Crippen MR) is 104 cm³/mol. The average Bonchev–Trinajstić information content (AvgIpc) is 2.69. The van der Waals surface area contributed by atoms with Crippen LogP contribution in [0.4, 0.5) is 8.78 Å². The van der Waals surface area contributed by atoms with E-state index in [4.69, 9.17) is 9.47 Å². The standard InChI is InChI=1S/C22H23F2NO2/c1-26-19-9-8-17-5-3-6-18(21(17)13-19)10-11-25-14-16-4-2-7-20(12-16)27-15-22(23)24/h2-9,12-13,22,25H,10-11,14-15H2,1H3. The van der Waals surface area contributed by atoms with E-state index in [1.807, 2.05) is 18.2 Å². The summed E-state index contributed by atoms with van der Waals surface area (Å²) in [6.45, 7) is 0.875. The summed E-state index contributed by atoms with van der Waals surface area (Å²) in [6, 6.07) is 19.6. The molecule has 0 saturated carbocycles. The lowest BCUT2D eigenvalue weighted by Crippen LogP contribution is -2.17. The zero-order valence-electron chi connectivity index (χ0n) is 15.3. The minimum atomic E-state index is -2.47. The molecule has 0 radical (unpaired) electrons. The summed E-state index contributed by atoms with van der Waals surface area (Å²) in [5.41, 5.74) is 2.26. The summed E-state index contributed by atoms with van der Waals surface area (Å²) in [7, 11) is 1.67. The number of methoxy groups -OCH3 is 1. The van der Waals surface area contributed by atoms with Crippen LogP contribution >= 0.6 is 0 Å². The lowest BCUT2D eigenvalue weighted by Gasteiger charge is -2.10. The number of ether oxygens (including phenoxy) is 2. The Labute approximate surface area is 157 Å². The molecular formula is C22H23F2NO2. The topological polar surface area (TPSA) is 30.5 Å². The zero-order valence-corrected chi connectivity index (χ0v) is 15.3. The van der Waals surface area contributed by atoms with Crippen LogP contribution in [0.15, 0.2) is 60.7 Å². The lowest BCUT2D eigenvalue weighted by molar-refractivity contribution is 0.0818.